The van der Waals surface area contributed by atoms with Gasteiger partial charge in [0.2, 0.25) is 5.91 Å². The van der Waals surface area contributed by atoms with Gasteiger partial charge in [-0.2, -0.15) is 0 Å². The number of halogens is 3. The molecule has 25 heavy (non-hydrogen) atoms. The minimum Gasteiger partial charge on any atom is -0.406 e. The van der Waals surface area contributed by atoms with Crippen molar-refractivity contribution >= 4 is 17.7 Å². The topological polar surface area (TPSA) is 38.3 Å². The van der Waals surface area contributed by atoms with Crippen molar-refractivity contribution in [2.24, 2.45) is 0 Å². The van der Waals surface area contributed by atoms with E-state index in [9.17, 15) is 18.0 Å². The Morgan fingerprint density at radius 2 is 1.84 bits per heavy atom. The summed E-state index contributed by atoms with van der Waals surface area (Å²) < 4.78 is 40.1. The standard InChI is InChI=1S/C19H18F3NO2/c1-3-15-6-4-5-13(2)18(15)23-17(24)12-9-14-7-10-16(11-8-14)25-19(20,21)22/h4-12H,3H2,1-2H3,(H,23,24)/b12-9+. The fraction of sp³-hybridized carbons (Fsp3) is 0.211. The molecule has 0 aliphatic carbocycles. The second kappa shape index (κ2) is 7.88. The molecule has 0 saturated heterocycles. The molecule has 6 heteroatoms. The van der Waals surface area contributed by atoms with Crippen LogP contribution >= 0.6 is 0 Å². The number of alkyl halides is 3. The largest absolute Gasteiger partial charge is 0.573 e. The Morgan fingerprint density at radius 1 is 1.16 bits per heavy atom. The molecule has 1 N–H and O–H groups in total. The summed E-state index contributed by atoms with van der Waals surface area (Å²) in [4.78, 5) is 12.1. The van der Waals surface area contributed by atoms with E-state index >= 15 is 0 Å². The molecule has 0 unspecified atom stereocenters. The van der Waals surface area contributed by atoms with Gasteiger partial charge in [-0.1, -0.05) is 37.3 Å². The van der Waals surface area contributed by atoms with Crippen LogP contribution in [0.2, 0.25) is 0 Å². The average Bonchev–Trinajstić information content (AvgIpc) is 2.54. The van der Waals surface area contributed by atoms with Gasteiger partial charge in [-0.15, -0.1) is 13.2 Å². The van der Waals surface area contributed by atoms with Gasteiger partial charge in [-0.05, 0) is 48.2 Å². The zero-order valence-electron chi connectivity index (χ0n) is 13.9. The van der Waals surface area contributed by atoms with Crippen LogP contribution in [0, 0.1) is 6.92 Å². The zero-order chi connectivity index (χ0) is 18.4. The molecule has 0 aliphatic heterocycles. The van der Waals surface area contributed by atoms with Gasteiger partial charge < -0.3 is 10.1 Å². The molecule has 0 atom stereocenters. The average molecular weight is 349 g/mol. The lowest BCUT2D eigenvalue weighted by Crippen LogP contribution is -2.16. The van der Waals surface area contributed by atoms with E-state index in [1.807, 2.05) is 32.0 Å². The number of amides is 1. The van der Waals surface area contributed by atoms with Crippen molar-refractivity contribution in [1.29, 1.82) is 0 Å². The lowest BCUT2D eigenvalue weighted by molar-refractivity contribution is -0.274. The maximum Gasteiger partial charge on any atom is 0.573 e. The number of aryl methyl sites for hydroxylation is 2. The number of para-hydroxylation sites is 1. The second-order valence-electron chi connectivity index (χ2n) is 5.40. The highest BCUT2D eigenvalue weighted by molar-refractivity contribution is 6.02. The Bertz CT molecular complexity index is 765. The lowest BCUT2D eigenvalue weighted by Gasteiger charge is -2.11. The molecular formula is C19H18F3NO2. The van der Waals surface area contributed by atoms with Crippen LogP contribution in [0.25, 0.3) is 6.08 Å². The van der Waals surface area contributed by atoms with Crippen molar-refractivity contribution in [2.45, 2.75) is 26.6 Å². The summed E-state index contributed by atoms with van der Waals surface area (Å²) in [6, 6.07) is 11.1. The molecule has 3 nitrogen and oxygen atoms in total. The Labute approximate surface area is 144 Å². The van der Waals surface area contributed by atoms with E-state index in [2.05, 4.69) is 10.1 Å². The fourth-order valence-electron chi connectivity index (χ4n) is 2.32. The predicted octanol–water partition coefficient (Wildman–Crippen LogP) is 5.11. The summed E-state index contributed by atoms with van der Waals surface area (Å²) in [5.74, 6) is -0.610. The summed E-state index contributed by atoms with van der Waals surface area (Å²) in [5.41, 5.74) is 3.38. The van der Waals surface area contributed by atoms with Crippen LogP contribution in [-0.4, -0.2) is 12.3 Å². The Morgan fingerprint density at radius 3 is 2.44 bits per heavy atom. The Kier molecular flexibility index (Phi) is 5.85. The molecule has 0 saturated carbocycles. The smallest absolute Gasteiger partial charge is 0.406 e. The molecule has 0 aromatic heterocycles. The van der Waals surface area contributed by atoms with E-state index in [1.54, 1.807) is 0 Å². The highest BCUT2D eigenvalue weighted by Gasteiger charge is 2.30. The minimum atomic E-state index is -4.72. The van der Waals surface area contributed by atoms with Gasteiger partial charge in [-0.3, -0.25) is 4.79 Å². The molecule has 0 aliphatic rings. The number of nitrogens with one attached hydrogen (secondary N) is 1. The lowest BCUT2D eigenvalue weighted by atomic mass is 10.1. The van der Waals surface area contributed by atoms with Gasteiger partial charge in [0.15, 0.2) is 0 Å². The molecule has 1 amide bonds. The van der Waals surface area contributed by atoms with Crippen LogP contribution in [0.3, 0.4) is 0 Å². The van der Waals surface area contributed by atoms with E-state index in [1.165, 1.54) is 36.4 Å². The predicted molar refractivity (Wildman–Crippen MR) is 91.3 cm³/mol. The fourth-order valence-corrected chi connectivity index (χ4v) is 2.32. The van der Waals surface area contributed by atoms with E-state index in [0.29, 0.717) is 5.56 Å². The molecule has 2 aromatic rings. The summed E-state index contributed by atoms with van der Waals surface area (Å²) in [5, 5.41) is 2.84. The van der Waals surface area contributed by atoms with Crippen LogP contribution < -0.4 is 10.1 Å². The number of benzene rings is 2. The Hall–Kier alpha value is -2.76. The molecule has 2 aromatic carbocycles. The van der Waals surface area contributed by atoms with Crippen molar-refractivity contribution < 1.29 is 22.7 Å². The summed E-state index contributed by atoms with van der Waals surface area (Å²) in [6.45, 7) is 3.92. The van der Waals surface area contributed by atoms with Crippen LogP contribution in [0.5, 0.6) is 5.75 Å². The van der Waals surface area contributed by atoms with E-state index < -0.39 is 6.36 Å². The number of ether oxygens (including phenoxy) is 1. The monoisotopic (exact) mass is 349 g/mol. The highest BCUT2D eigenvalue weighted by Crippen LogP contribution is 2.23. The molecule has 0 fully saturated rings. The van der Waals surface area contributed by atoms with Crippen molar-refractivity contribution in [3.8, 4) is 5.75 Å². The molecule has 2 rings (SSSR count). The maximum atomic E-state index is 12.1. The first-order chi connectivity index (χ1) is 11.8. The molecule has 0 bridgehead atoms. The minimum absolute atomic E-state index is 0.304. The van der Waals surface area contributed by atoms with Gasteiger partial charge >= 0.3 is 6.36 Å². The molecular weight excluding hydrogens is 331 g/mol. The van der Waals surface area contributed by atoms with Gasteiger partial charge in [0.25, 0.3) is 0 Å². The van der Waals surface area contributed by atoms with Crippen LogP contribution in [0.4, 0.5) is 18.9 Å². The quantitative estimate of drug-likeness (QED) is 0.762. The van der Waals surface area contributed by atoms with Crippen molar-refractivity contribution in [1.82, 2.24) is 0 Å². The summed E-state index contributed by atoms with van der Waals surface area (Å²) in [6.07, 6.45) is -1.06. The molecule has 132 valence electrons. The normalized spacial score (nSPS) is 11.6. The zero-order valence-corrected chi connectivity index (χ0v) is 13.9. The Balaban J connectivity index is 2.03. The van der Waals surface area contributed by atoms with Crippen molar-refractivity contribution in [3.05, 3.63) is 65.2 Å². The molecule has 0 spiro atoms. The van der Waals surface area contributed by atoms with Crippen molar-refractivity contribution in [2.75, 3.05) is 5.32 Å². The summed E-state index contributed by atoms with van der Waals surface area (Å²) in [7, 11) is 0. The first-order valence-electron chi connectivity index (χ1n) is 7.72. The van der Waals surface area contributed by atoms with E-state index in [-0.39, 0.29) is 11.7 Å². The first kappa shape index (κ1) is 18.6. The molecule has 0 heterocycles. The van der Waals surface area contributed by atoms with E-state index in [0.717, 1.165) is 23.2 Å². The van der Waals surface area contributed by atoms with Crippen molar-refractivity contribution in [3.63, 3.8) is 0 Å². The second-order valence-corrected chi connectivity index (χ2v) is 5.40. The maximum absolute atomic E-state index is 12.1. The number of anilines is 1. The van der Waals surface area contributed by atoms with Gasteiger partial charge in [0.1, 0.15) is 5.75 Å². The van der Waals surface area contributed by atoms with Crippen LogP contribution in [0.15, 0.2) is 48.5 Å². The third-order valence-corrected chi connectivity index (χ3v) is 3.53. The number of carbonyl (C=O) groups excluding carboxylic acids is 1. The number of hydrogen-bond donors (Lipinski definition) is 1. The number of carbonyl (C=O) groups is 1. The molecule has 0 radical (unpaired) electrons. The van der Waals surface area contributed by atoms with Gasteiger partial charge in [0, 0.05) is 11.8 Å². The highest BCUT2D eigenvalue weighted by atomic mass is 19.4. The number of rotatable bonds is 5. The van der Waals surface area contributed by atoms with Gasteiger partial charge in [-0.25, -0.2) is 0 Å². The number of hydrogen-bond acceptors (Lipinski definition) is 2. The first-order valence-corrected chi connectivity index (χ1v) is 7.72. The third kappa shape index (κ3) is 5.67. The van der Waals surface area contributed by atoms with Crippen LogP contribution in [-0.2, 0) is 11.2 Å². The third-order valence-electron chi connectivity index (χ3n) is 3.53. The summed E-state index contributed by atoms with van der Waals surface area (Å²) >= 11 is 0. The SMILES string of the molecule is CCc1cccc(C)c1NC(=O)/C=C/c1ccc(OC(F)(F)F)cc1. The van der Waals surface area contributed by atoms with E-state index in [4.69, 9.17) is 0 Å². The van der Waals surface area contributed by atoms with Crippen LogP contribution in [0.1, 0.15) is 23.6 Å². The van der Waals surface area contributed by atoms with Gasteiger partial charge in [0.05, 0.1) is 0 Å².